The summed E-state index contributed by atoms with van der Waals surface area (Å²) in [7, 11) is -4.54. The molecule has 0 aromatic heterocycles. The molecule has 0 saturated carbocycles. The van der Waals surface area contributed by atoms with Crippen LogP contribution >= 0.6 is 11.6 Å². The third-order valence-corrected chi connectivity index (χ3v) is 4.78. The van der Waals surface area contributed by atoms with Crippen molar-refractivity contribution in [3.8, 4) is 0 Å². The number of hydrogen-bond acceptors (Lipinski definition) is 4. The van der Waals surface area contributed by atoms with Crippen LogP contribution in [0.1, 0.15) is 13.3 Å². The van der Waals surface area contributed by atoms with E-state index < -0.39 is 28.3 Å². The fraction of sp³-hybridized carbons (Fsp3) is 0.778. The average Bonchev–Trinajstić information content (AvgIpc) is 2.58. The number of nitrogens with zero attached hydrogens (tertiary/aromatic N) is 2. The van der Waals surface area contributed by atoms with Crippen molar-refractivity contribution in [1.82, 2.24) is 9.21 Å². The van der Waals surface area contributed by atoms with Gasteiger partial charge < -0.3 is 4.90 Å². The molecule has 0 aromatic rings. The van der Waals surface area contributed by atoms with Crippen LogP contribution in [0.25, 0.3) is 0 Å². The summed E-state index contributed by atoms with van der Waals surface area (Å²) in [5.74, 6) is -0.673. The van der Waals surface area contributed by atoms with Gasteiger partial charge in [-0.3, -0.25) is 14.1 Å². The van der Waals surface area contributed by atoms with Crippen LogP contribution in [0.5, 0.6) is 0 Å². The summed E-state index contributed by atoms with van der Waals surface area (Å²) in [6.45, 7) is 1.82. The van der Waals surface area contributed by atoms with Gasteiger partial charge in [0, 0.05) is 18.8 Å². The summed E-state index contributed by atoms with van der Waals surface area (Å²) < 4.78 is 31.1. The van der Waals surface area contributed by atoms with E-state index in [0.717, 1.165) is 0 Å². The molecule has 7 nitrogen and oxygen atoms in total. The highest BCUT2D eigenvalue weighted by atomic mass is 35.5. The Morgan fingerprint density at radius 3 is 2.44 bits per heavy atom. The number of hydrogen-bond donors (Lipinski definition) is 1. The minimum absolute atomic E-state index is 0.0149. The van der Waals surface area contributed by atoms with Crippen LogP contribution in [-0.4, -0.2) is 58.5 Å². The van der Waals surface area contributed by atoms with Crippen LogP contribution < -0.4 is 0 Å². The maximum absolute atomic E-state index is 11.7. The normalized spacial score (nSPS) is 32.9. The van der Waals surface area contributed by atoms with Crippen molar-refractivity contribution in [1.29, 1.82) is 0 Å². The van der Waals surface area contributed by atoms with Gasteiger partial charge in [0.15, 0.2) is 0 Å². The Balaban J connectivity index is 2.14. The third-order valence-electron chi connectivity index (χ3n) is 3.34. The fourth-order valence-electron chi connectivity index (χ4n) is 2.48. The first-order valence-corrected chi connectivity index (χ1v) is 7.36. The summed E-state index contributed by atoms with van der Waals surface area (Å²) in [6.07, 6.45) is 0.270. The number of halogens is 1. The number of carbonyl (C=O) groups excluding carboxylic acids is 2. The molecular weight excluding hydrogens is 284 g/mol. The lowest BCUT2D eigenvalue weighted by Gasteiger charge is -2.46. The van der Waals surface area contributed by atoms with E-state index >= 15 is 0 Å². The molecule has 18 heavy (non-hydrogen) atoms. The molecule has 1 N–H and O–H groups in total. The van der Waals surface area contributed by atoms with Crippen molar-refractivity contribution < 1.29 is 22.6 Å². The van der Waals surface area contributed by atoms with Gasteiger partial charge in [-0.05, 0) is 12.8 Å². The average molecular weight is 297 g/mol. The zero-order valence-corrected chi connectivity index (χ0v) is 11.2. The molecule has 2 aliphatic rings. The standard InChI is InChI=1S/C9H13ClN2O5S/c1-5-8(9(14)12(5)18(15,16)17)11-4-6(3-10)2-7(11)13/h5-6,8H,2-4H2,1H3,(H,15,16,17)/t5-,6?,8-/m0/s1. The van der Waals surface area contributed by atoms with Crippen LogP contribution in [0.4, 0.5) is 0 Å². The molecule has 2 aliphatic heterocycles. The molecule has 0 aliphatic carbocycles. The zero-order valence-electron chi connectivity index (χ0n) is 9.61. The van der Waals surface area contributed by atoms with Crippen LogP contribution in [0, 0.1) is 5.92 Å². The highest BCUT2D eigenvalue weighted by Gasteiger charge is 2.55. The van der Waals surface area contributed by atoms with E-state index in [1.165, 1.54) is 11.8 Å². The molecule has 0 radical (unpaired) electrons. The van der Waals surface area contributed by atoms with E-state index in [1.54, 1.807) is 0 Å². The molecule has 0 spiro atoms. The molecule has 2 saturated heterocycles. The molecular formula is C9H13ClN2O5S. The van der Waals surface area contributed by atoms with Gasteiger partial charge >= 0.3 is 10.3 Å². The minimum atomic E-state index is -4.54. The number of carbonyl (C=O) groups is 2. The Bertz CT molecular complexity index is 493. The second-order valence-corrected chi connectivity index (χ2v) is 6.17. The highest BCUT2D eigenvalue weighted by molar-refractivity contribution is 7.84. The highest BCUT2D eigenvalue weighted by Crippen LogP contribution is 2.32. The van der Waals surface area contributed by atoms with Crippen molar-refractivity contribution in [3.63, 3.8) is 0 Å². The molecule has 0 aromatic carbocycles. The fourth-order valence-corrected chi connectivity index (χ4v) is 3.56. The Labute approximate surface area is 110 Å². The largest absolute Gasteiger partial charge is 0.362 e. The first kappa shape index (κ1) is 13.6. The van der Waals surface area contributed by atoms with Crippen molar-refractivity contribution in [2.24, 2.45) is 5.92 Å². The van der Waals surface area contributed by atoms with Gasteiger partial charge in [0.25, 0.3) is 5.91 Å². The number of alkyl halides is 1. The summed E-state index contributed by atoms with van der Waals surface area (Å²) in [4.78, 5) is 24.8. The molecule has 2 rings (SSSR count). The molecule has 102 valence electrons. The number of amides is 2. The van der Waals surface area contributed by atoms with Gasteiger partial charge in [0.2, 0.25) is 5.91 Å². The van der Waals surface area contributed by atoms with Crippen molar-refractivity contribution >= 4 is 33.7 Å². The molecule has 0 bridgehead atoms. The second kappa shape index (κ2) is 4.36. The maximum atomic E-state index is 11.7. The quantitative estimate of drug-likeness (QED) is 0.429. The van der Waals surface area contributed by atoms with E-state index in [1.807, 2.05) is 0 Å². The van der Waals surface area contributed by atoms with E-state index in [0.29, 0.717) is 16.7 Å². The lowest BCUT2D eigenvalue weighted by Crippen LogP contribution is -2.70. The van der Waals surface area contributed by atoms with Crippen LogP contribution in [0.15, 0.2) is 0 Å². The number of rotatable bonds is 3. The predicted molar refractivity (Wildman–Crippen MR) is 62.2 cm³/mol. The number of likely N-dealkylation sites (tertiary alicyclic amines) is 1. The van der Waals surface area contributed by atoms with Gasteiger partial charge in [-0.25, -0.2) is 4.31 Å². The lowest BCUT2D eigenvalue weighted by atomic mass is 9.99. The molecule has 1 unspecified atom stereocenters. The van der Waals surface area contributed by atoms with Gasteiger partial charge in [-0.15, -0.1) is 11.6 Å². The molecule has 2 heterocycles. The zero-order chi connectivity index (χ0) is 13.7. The summed E-state index contributed by atoms with van der Waals surface area (Å²) in [5.41, 5.74) is 0. The van der Waals surface area contributed by atoms with Crippen LogP contribution in [0.3, 0.4) is 0 Å². The Morgan fingerprint density at radius 1 is 1.44 bits per heavy atom. The molecule has 2 amide bonds. The van der Waals surface area contributed by atoms with E-state index in [2.05, 4.69) is 0 Å². The third kappa shape index (κ3) is 1.98. The first-order chi connectivity index (χ1) is 8.27. The van der Waals surface area contributed by atoms with Gasteiger partial charge in [0.05, 0.1) is 6.04 Å². The first-order valence-electron chi connectivity index (χ1n) is 5.43. The van der Waals surface area contributed by atoms with Gasteiger partial charge in [-0.1, -0.05) is 0 Å². The lowest BCUT2D eigenvalue weighted by molar-refractivity contribution is -0.154. The predicted octanol–water partition coefficient (Wildman–Crippen LogP) is -0.524. The topological polar surface area (TPSA) is 95.0 Å². The van der Waals surface area contributed by atoms with E-state index in [9.17, 15) is 18.0 Å². The Kier molecular flexibility index (Phi) is 3.28. The molecule has 2 fully saturated rings. The summed E-state index contributed by atoms with van der Waals surface area (Å²) in [5, 5.41) is 0. The maximum Gasteiger partial charge on any atom is 0.362 e. The SMILES string of the molecule is C[C@H]1[C@H](N2CC(CCl)CC2=O)C(=O)N1S(=O)(=O)O. The Morgan fingerprint density at radius 2 is 2.06 bits per heavy atom. The molecule has 9 heteroatoms. The van der Waals surface area contributed by atoms with Gasteiger partial charge in [0.1, 0.15) is 6.04 Å². The van der Waals surface area contributed by atoms with E-state index in [4.69, 9.17) is 16.2 Å². The summed E-state index contributed by atoms with van der Waals surface area (Å²) in [6, 6.07) is -1.56. The monoisotopic (exact) mass is 296 g/mol. The van der Waals surface area contributed by atoms with Gasteiger partial charge in [-0.2, -0.15) is 8.42 Å². The minimum Gasteiger partial charge on any atom is -0.328 e. The van der Waals surface area contributed by atoms with Crippen molar-refractivity contribution in [2.75, 3.05) is 12.4 Å². The molecule has 3 atom stereocenters. The Hall–Kier alpha value is -0.860. The number of β-lactam (4-membered cyclic amide) rings is 1. The van der Waals surface area contributed by atoms with Crippen molar-refractivity contribution in [3.05, 3.63) is 0 Å². The van der Waals surface area contributed by atoms with Crippen LogP contribution in [0.2, 0.25) is 0 Å². The van der Waals surface area contributed by atoms with Crippen molar-refractivity contribution in [2.45, 2.75) is 25.4 Å². The smallest absolute Gasteiger partial charge is 0.328 e. The second-order valence-electron chi connectivity index (χ2n) is 4.57. The van der Waals surface area contributed by atoms with E-state index in [-0.39, 0.29) is 18.2 Å². The van der Waals surface area contributed by atoms with Crippen LogP contribution in [-0.2, 0) is 19.9 Å². The summed E-state index contributed by atoms with van der Waals surface area (Å²) >= 11 is 5.67.